The van der Waals surface area contributed by atoms with Crippen molar-refractivity contribution in [1.29, 1.82) is 0 Å². The summed E-state index contributed by atoms with van der Waals surface area (Å²) in [5, 5.41) is 0. The Morgan fingerprint density at radius 2 is 1.63 bits per heavy atom. The van der Waals surface area contributed by atoms with Crippen molar-refractivity contribution in [3.8, 4) is 11.4 Å². The van der Waals surface area contributed by atoms with Crippen LogP contribution in [0.3, 0.4) is 0 Å². The second-order valence-corrected chi connectivity index (χ2v) is 10.6. The molecule has 4 nitrogen and oxygen atoms in total. The number of hydrogen-bond acceptors (Lipinski definition) is 2. The van der Waals surface area contributed by atoms with Gasteiger partial charge < -0.3 is 4.57 Å². The Labute approximate surface area is 283 Å². The molecule has 0 spiro atoms. The Morgan fingerprint density at radius 1 is 1.04 bits per heavy atom. The minimum absolute atomic E-state index is 0.329. The fourth-order valence-electron chi connectivity index (χ4n) is 5.28. The molecule has 0 radical (unpaired) electrons. The van der Waals surface area contributed by atoms with Crippen LogP contribution >= 0.6 is 0 Å². The topological polar surface area (TPSA) is 26.0 Å². The number of rotatable bonds is 8. The number of aromatic nitrogens is 3. The number of benzene rings is 1. The van der Waals surface area contributed by atoms with E-state index in [2.05, 4.69) is 143 Å². The fraction of sp³-hybridized carbons (Fsp3) is 0.405. The molecule has 252 valence electrons. The van der Waals surface area contributed by atoms with Crippen LogP contribution in [0.4, 0.5) is 0 Å². The maximum atomic E-state index is 4.86. The van der Waals surface area contributed by atoms with E-state index in [0.29, 0.717) is 12.1 Å². The van der Waals surface area contributed by atoms with Crippen LogP contribution in [0.25, 0.3) is 22.7 Å². The molecular formula is C42H64N4. The van der Waals surface area contributed by atoms with Crippen LogP contribution in [-0.2, 0) is 0 Å². The van der Waals surface area contributed by atoms with Crippen molar-refractivity contribution in [1.82, 2.24) is 19.0 Å². The van der Waals surface area contributed by atoms with Gasteiger partial charge in [-0.2, -0.15) is 0 Å². The number of aryl methyl sites for hydroxylation is 2. The highest BCUT2D eigenvalue weighted by Crippen LogP contribution is 2.35. The Kier molecular flexibility index (Phi) is 21.5. The van der Waals surface area contributed by atoms with Gasteiger partial charge in [-0.1, -0.05) is 115 Å². The van der Waals surface area contributed by atoms with E-state index >= 15 is 0 Å². The predicted octanol–water partition coefficient (Wildman–Crippen LogP) is 12.4. The summed E-state index contributed by atoms with van der Waals surface area (Å²) in [5.74, 6) is 0.989. The van der Waals surface area contributed by atoms with Crippen LogP contribution in [0.5, 0.6) is 0 Å². The number of nitrogens with zero attached hydrogens (tertiary/aromatic N) is 4. The molecule has 4 heteroatoms. The van der Waals surface area contributed by atoms with Gasteiger partial charge in [0, 0.05) is 28.7 Å². The first-order valence-electron chi connectivity index (χ1n) is 17.0. The van der Waals surface area contributed by atoms with Gasteiger partial charge in [-0.15, -0.1) is 6.58 Å². The molecule has 4 rings (SSSR count). The van der Waals surface area contributed by atoms with Crippen LogP contribution in [0, 0.1) is 13.8 Å². The second kappa shape index (κ2) is 23.4. The van der Waals surface area contributed by atoms with Gasteiger partial charge in [0.1, 0.15) is 5.82 Å². The lowest BCUT2D eigenvalue weighted by atomic mass is 10.1. The summed E-state index contributed by atoms with van der Waals surface area (Å²) in [6, 6.07) is 13.5. The smallest absolute Gasteiger partial charge is 0.144 e. The normalized spacial score (nSPS) is 14.3. The Balaban J connectivity index is 0.00000163. The molecule has 0 bridgehead atoms. The molecule has 0 saturated heterocycles. The van der Waals surface area contributed by atoms with Crippen LogP contribution < -0.4 is 0 Å². The van der Waals surface area contributed by atoms with Crippen LogP contribution in [0.2, 0.25) is 0 Å². The third-order valence-corrected chi connectivity index (χ3v) is 7.72. The summed E-state index contributed by atoms with van der Waals surface area (Å²) >= 11 is 0. The standard InChI is InChI=1S/C31H40N4.C4H6.C3H6.2C2H6/c1-8-22(3)29-21-32-31(26-14-11-10-12-15-26)35(29)28-17-13-16-27(18-19-28)34-24(5)20-23(4)30(34)25(6)33(7)9-2;1-3-4-2;1-3-2;2*1-2/h8,10-12,14-15,17-21,25,27H,9,13,16H2,1-7H3;3-4H,1-2H2;3H,1H2,2H3;2*1-2H3/b22-8+;;;;. The highest BCUT2D eigenvalue weighted by molar-refractivity contribution is 5.74. The van der Waals surface area contributed by atoms with Crippen molar-refractivity contribution < 1.29 is 0 Å². The highest BCUT2D eigenvalue weighted by Gasteiger charge is 2.24. The Bertz CT molecular complexity index is 1390. The van der Waals surface area contributed by atoms with Gasteiger partial charge in [0.05, 0.1) is 17.9 Å². The van der Waals surface area contributed by atoms with E-state index in [1.165, 1.54) is 28.2 Å². The van der Waals surface area contributed by atoms with E-state index in [-0.39, 0.29) is 0 Å². The first-order chi connectivity index (χ1) is 22.2. The summed E-state index contributed by atoms with van der Waals surface area (Å²) in [6.45, 7) is 34.3. The average Bonchev–Trinajstić information content (AvgIpc) is 3.57. The van der Waals surface area contributed by atoms with Crippen molar-refractivity contribution in [3.63, 3.8) is 0 Å². The molecule has 1 aliphatic rings. The summed E-state index contributed by atoms with van der Waals surface area (Å²) in [4.78, 5) is 7.28. The minimum atomic E-state index is 0.329. The molecule has 46 heavy (non-hydrogen) atoms. The van der Waals surface area contributed by atoms with Gasteiger partial charge in [0.25, 0.3) is 0 Å². The van der Waals surface area contributed by atoms with Gasteiger partial charge in [-0.05, 0) is 91.3 Å². The predicted molar refractivity (Wildman–Crippen MR) is 208 cm³/mol. The molecule has 1 aromatic carbocycles. The molecule has 2 atom stereocenters. The van der Waals surface area contributed by atoms with Crippen molar-refractivity contribution in [3.05, 3.63) is 128 Å². The van der Waals surface area contributed by atoms with Crippen LogP contribution in [0.1, 0.15) is 110 Å². The molecule has 2 unspecified atom stereocenters. The van der Waals surface area contributed by atoms with E-state index in [9.17, 15) is 0 Å². The largest absolute Gasteiger partial charge is 0.340 e. The maximum absolute atomic E-state index is 4.86. The zero-order valence-electron chi connectivity index (χ0n) is 31.3. The lowest BCUT2D eigenvalue weighted by molar-refractivity contribution is 0.261. The van der Waals surface area contributed by atoms with Crippen molar-refractivity contribution >= 4 is 11.3 Å². The van der Waals surface area contributed by atoms with Gasteiger partial charge >= 0.3 is 0 Å². The highest BCUT2D eigenvalue weighted by atomic mass is 15.2. The third kappa shape index (κ3) is 11.5. The molecule has 0 N–H and O–H groups in total. The van der Waals surface area contributed by atoms with Crippen molar-refractivity contribution in [2.45, 2.75) is 101 Å². The molecular weight excluding hydrogens is 560 g/mol. The molecule has 0 amide bonds. The van der Waals surface area contributed by atoms with E-state index < -0.39 is 0 Å². The van der Waals surface area contributed by atoms with E-state index in [1.807, 2.05) is 40.8 Å². The lowest BCUT2D eigenvalue weighted by Crippen LogP contribution is -2.26. The Hall–Kier alpha value is -3.89. The lowest BCUT2D eigenvalue weighted by Gasteiger charge is -2.29. The van der Waals surface area contributed by atoms with Crippen molar-refractivity contribution in [2.75, 3.05) is 13.6 Å². The molecule has 1 aliphatic carbocycles. The minimum Gasteiger partial charge on any atom is -0.340 e. The Morgan fingerprint density at radius 3 is 2.15 bits per heavy atom. The van der Waals surface area contributed by atoms with E-state index in [4.69, 9.17) is 4.98 Å². The molecule has 2 aromatic heterocycles. The molecule has 0 saturated carbocycles. The maximum Gasteiger partial charge on any atom is 0.144 e. The summed E-state index contributed by atoms with van der Waals surface area (Å²) in [7, 11) is 2.22. The van der Waals surface area contributed by atoms with Crippen LogP contribution in [-0.4, -0.2) is 32.6 Å². The number of imidazole rings is 1. The molecule has 0 aliphatic heterocycles. The van der Waals surface area contributed by atoms with E-state index in [0.717, 1.165) is 36.5 Å². The monoisotopic (exact) mass is 625 g/mol. The SMILES string of the molecule is C/C=C(\C)c1cnc(-c2ccccc2)n1C1=CCCC(n2c(C)cc(C)c2C(C)N(C)CC)C=C1.C=CC.C=CC=C.CC.CC. The van der Waals surface area contributed by atoms with Gasteiger partial charge in [-0.3, -0.25) is 9.47 Å². The quantitative estimate of drug-likeness (QED) is 0.184. The van der Waals surface area contributed by atoms with Gasteiger partial charge in [0.2, 0.25) is 0 Å². The summed E-state index contributed by atoms with van der Waals surface area (Å²) < 4.78 is 4.90. The first-order valence-corrected chi connectivity index (χ1v) is 17.0. The zero-order valence-corrected chi connectivity index (χ0v) is 31.3. The number of allylic oxidation sites excluding steroid dienone is 9. The van der Waals surface area contributed by atoms with Crippen LogP contribution in [0.15, 0.2) is 105 Å². The zero-order chi connectivity index (χ0) is 35.2. The summed E-state index contributed by atoms with van der Waals surface area (Å²) in [5.41, 5.74) is 8.86. The average molecular weight is 625 g/mol. The molecule has 0 fully saturated rings. The summed E-state index contributed by atoms with van der Waals surface area (Å²) in [6.07, 6.45) is 18.4. The van der Waals surface area contributed by atoms with Crippen molar-refractivity contribution in [2.24, 2.45) is 0 Å². The second-order valence-electron chi connectivity index (χ2n) is 10.6. The van der Waals surface area contributed by atoms with E-state index in [1.54, 1.807) is 18.2 Å². The number of hydrogen-bond donors (Lipinski definition) is 0. The first kappa shape index (κ1) is 42.1. The molecule has 3 aromatic rings. The molecule has 2 heterocycles. The van der Waals surface area contributed by atoms with Gasteiger partial charge in [0.15, 0.2) is 0 Å². The third-order valence-electron chi connectivity index (χ3n) is 7.72. The fourth-order valence-corrected chi connectivity index (χ4v) is 5.28. The van der Waals surface area contributed by atoms with Gasteiger partial charge in [-0.25, -0.2) is 4.98 Å².